The first-order chi connectivity index (χ1) is 5.07. The summed E-state index contributed by atoms with van der Waals surface area (Å²) in [6.45, 7) is -0.214. The summed E-state index contributed by atoms with van der Waals surface area (Å²) in [4.78, 5) is 12.4. The molecule has 7 nitrogen and oxygen atoms in total. The Balaban J connectivity index is 0. The maximum absolute atomic E-state index is 10.1. The number of carbonyl (C=O) groups is 1. The normalized spacial score (nSPS) is 9.83. The van der Waals surface area contributed by atoms with Crippen molar-refractivity contribution in [1.29, 1.82) is 0 Å². The minimum atomic E-state index is -1.33. The monoisotopic (exact) mass is 196 g/mol. The molecule has 0 aliphatic heterocycles. The number of nitrogens with two attached hydrogens (primary N) is 2. The van der Waals surface area contributed by atoms with Gasteiger partial charge in [0.1, 0.15) is 6.54 Å². The maximum Gasteiger partial charge on any atom is 0.357 e. The summed E-state index contributed by atoms with van der Waals surface area (Å²) in [7, 11) is 0. The average Bonchev–Trinajstić information content (AvgIpc) is 1.87. The molecule has 0 aliphatic carbocycles. The van der Waals surface area contributed by atoms with E-state index in [-0.39, 0.29) is 24.9 Å². The quantitative estimate of drug-likeness (QED) is 0.132. The van der Waals surface area contributed by atoms with Crippen LogP contribution in [-0.2, 0) is 4.79 Å². The molecule has 0 unspecified atom stereocenters. The summed E-state index contributed by atoms with van der Waals surface area (Å²) < 4.78 is 0. The Labute approximate surface area is 74.2 Å². The summed E-state index contributed by atoms with van der Waals surface area (Å²) in [5.74, 6) is -1.46. The molecular formula is C4H9ClN4O3. The van der Waals surface area contributed by atoms with Gasteiger partial charge in [0.05, 0.1) is 0 Å². The average molecular weight is 197 g/mol. The van der Waals surface area contributed by atoms with Crippen molar-refractivity contribution >= 4 is 17.6 Å². The van der Waals surface area contributed by atoms with Crippen molar-refractivity contribution < 1.29 is 32.5 Å². The molecule has 12 heavy (non-hydrogen) atoms. The topological polar surface area (TPSA) is 136 Å². The van der Waals surface area contributed by atoms with Crippen LogP contribution < -0.4 is 28.9 Å². The van der Waals surface area contributed by atoms with Crippen molar-refractivity contribution in [3.63, 3.8) is 0 Å². The van der Waals surface area contributed by atoms with Gasteiger partial charge in [0, 0.05) is 0 Å². The van der Waals surface area contributed by atoms with Crippen molar-refractivity contribution in [3.8, 4) is 0 Å². The lowest BCUT2D eigenvalue weighted by atomic mass is 10.4. The highest BCUT2D eigenvalue weighted by atomic mass is 35.5. The van der Waals surface area contributed by atoms with Gasteiger partial charge in [-0.05, 0) is 0 Å². The highest BCUT2D eigenvalue weighted by Crippen LogP contribution is 1.69. The van der Waals surface area contributed by atoms with E-state index >= 15 is 0 Å². The molecule has 0 heterocycles. The molecule has 70 valence electrons. The van der Waals surface area contributed by atoms with Crippen LogP contribution in [0, 0.1) is 0 Å². The van der Waals surface area contributed by atoms with Crippen LogP contribution >= 0.6 is 0 Å². The molecule has 7 N–H and O–H groups in total. The van der Waals surface area contributed by atoms with E-state index in [2.05, 4.69) is 10.1 Å². The second-order valence-electron chi connectivity index (χ2n) is 1.66. The second kappa shape index (κ2) is 6.23. The van der Waals surface area contributed by atoms with Crippen molar-refractivity contribution in [3.05, 3.63) is 0 Å². The first kappa shape index (κ1) is 13.1. The number of nitrogens with one attached hydrogen (secondary N) is 1. The van der Waals surface area contributed by atoms with Crippen molar-refractivity contribution in [2.75, 3.05) is 6.54 Å². The summed E-state index contributed by atoms with van der Waals surface area (Å²) in [6.07, 6.45) is 0. The van der Waals surface area contributed by atoms with E-state index < -0.39 is 11.7 Å². The smallest absolute Gasteiger partial charge is 0.357 e. The lowest BCUT2D eigenvalue weighted by molar-refractivity contribution is -0.440. The number of nitrogens with zero attached hydrogens (tertiary/aromatic N) is 1. The van der Waals surface area contributed by atoms with Gasteiger partial charge in [-0.1, -0.05) is 5.16 Å². The van der Waals surface area contributed by atoms with E-state index in [0.29, 0.717) is 0 Å². The number of halogens is 1. The Morgan fingerprint density at radius 1 is 1.50 bits per heavy atom. The van der Waals surface area contributed by atoms with Gasteiger partial charge >= 0.3 is 11.9 Å². The molecule has 0 aromatic heterocycles. The number of carboxylic acid groups (broad SMARTS) is 1. The SMILES string of the molecule is NC(N)=[NH+]C/C(=N/O)C(=O)O.[Cl-]. The van der Waals surface area contributed by atoms with Gasteiger partial charge in [0.25, 0.3) is 0 Å². The van der Waals surface area contributed by atoms with E-state index in [0.717, 1.165) is 0 Å². The third kappa shape index (κ3) is 5.30. The van der Waals surface area contributed by atoms with Crippen molar-refractivity contribution in [1.82, 2.24) is 0 Å². The van der Waals surface area contributed by atoms with Crippen LogP contribution in [-0.4, -0.2) is 34.5 Å². The molecule has 0 aromatic rings. The summed E-state index contributed by atoms with van der Waals surface area (Å²) >= 11 is 0. The lowest BCUT2D eigenvalue weighted by Crippen LogP contribution is -3.00. The van der Waals surface area contributed by atoms with Gasteiger partial charge in [0.15, 0.2) is 5.71 Å². The van der Waals surface area contributed by atoms with Crippen LogP contribution in [0.5, 0.6) is 0 Å². The summed E-state index contributed by atoms with van der Waals surface area (Å²) in [5.41, 5.74) is 9.44. The molecule has 8 heteroatoms. The third-order valence-corrected chi connectivity index (χ3v) is 0.828. The fourth-order valence-electron chi connectivity index (χ4n) is 0.340. The van der Waals surface area contributed by atoms with Crippen molar-refractivity contribution in [2.24, 2.45) is 16.6 Å². The van der Waals surface area contributed by atoms with Crippen LogP contribution in [0.3, 0.4) is 0 Å². The van der Waals surface area contributed by atoms with Crippen molar-refractivity contribution in [2.45, 2.75) is 0 Å². The first-order valence-corrected chi connectivity index (χ1v) is 2.64. The first-order valence-electron chi connectivity index (χ1n) is 2.64. The fourth-order valence-corrected chi connectivity index (χ4v) is 0.340. The Hall–Kier alpha value is -1.50. The molecule has 0 fully saturated rings. The zero-order chi connectivity index (χ0) is 8.85. The number of guanidine groups is 1. The molecule has 0 aromatic carbocycles. The molecule has 0 amide bonds. The van der Waals surface area contributed by atoms with E-state index in [4.69, 9.17) is 21.8 Å². The Morgan fingerprint density at radius 3 is 2.25 bits per heavy atom. The Kier molecular flexibility index (Phi) is 6.80. The Morgan fingerprint density at radius 2 is 2.00 bits per heavy atom. The predicted octanol–water partition coefficient (Wildman–Crippen LogP) is -6.74. The molecule has 0 bridgehead atoms. The molecule has 0 saturated heterocycles. The van der Waals surface area contributed by atoms with Crippen LogP contribution in [0.1, 0.15) is 0 Å². The number of rotatable bonds is 3. The highest BCUT2D eigenvalue weighted by molar-refractivity contribution is 6.35. The van der Waals surface area contributed by atoms with E-state index in [1.165, 1.54) is 0 Å². The minimum absolute atomic E-state index is 0. The van der Waals surface area contributed by atoms with Gasteiger partial charge in [-0.3, -0.25) is 16.5 Å². The zero-order valence-electron chi connectivity index (χ0n) is 5.99. The Bertz CT molecular complexity index is 210. The van der Waals surface area contributed by atoms with Gasteiger partial charge < -0.3 is 22.7 Å². The maximum atomic E-state index is 10.1. The molecule has 0 saturated carbocycles. The van der Waals surface area contributed by atoms with E-state index in [1.54, 1.807) is 0 Å². The summed E-state index contributed by atoms with van der Waals surface area (Å²) in [5, 5.41) is 18.8. The molecule has 0 rings (SSSR count). The van der Waals surface area contributed by atoms with Crippen LogP contribution in [0.25, 0.3) is 0 Å². The molecule has 0 radical (unpaired) electrons. The number of hydrogen-bond donors (Lipinski definition) is 5. The van der Waals surface area contributed by atoms with Gasteiger partial charge in [-0.15, -0.1) is 0 Å². The molecule has 0 aliphatic rings. The third-order valence-electron chi connectivity index (χ3n) is 0.828. The standard InChI is InChI=1S/C4H8N4O3.ClH/c5-4(6)7-1-2(8-11)3(9)10;/h11H,1H2,(H,9,10)(H4,5,6,7);1H/b8-2-;. The van der Waals surface area contributed by atoms with Gasteiger partial charge in [-0.2, -0.15) is 0 Å². The number of carboxylic acids is 1. The highest BCUT2D eigenvalue weighted by Gasteiger charge is 2.09. The van der Waals surface area contributed by atoms with Crippen LogP contribution in [0.15, 0.2) is 5.16 Å². The van der Waals surface area contributed by atoms with E-state index in [9.17, 15) is 4.79 Å². The predicted molar refractivity (Wildman–Crippen MR) is 36.1 cm³/mol. The second-order valence-corrected chi connectivity index (χ2v) is 1.66. The van der Waals surface area contributed by atoms with Gasteiger partial charge in [0.2, 0.25) is 0 Å². The van der Waals surface area contributed by atoms with Crippen LogP contribution in [0.4, 0.5) is 0 Å². The molecule has 0 atom stereocenters. The minimum Gasteiger partial charge on any atom is -1.00 e. The number of hydrogen-bond acceptors (Lipinski definition) is 3. The van der Waals surface area contributed by atoms with Crippen LogP contribution in [0.2, 0.25) is 0 Å². The van der Waals surface area contributed by atoms with E-state index in [1.807, 2.05) is 0 Å². The van der Waals surface area contributed by atoms with Gasteiger partial charge in [-0.25, -0.2) is 4.79 Å². The fraction of sp³-hybridized carbons (Fsp3) is 0.250. The lowest BCUT2D eigenvalue weighted by Gasteiger charge is -1.90. The molecular weight excluding hydrogens is 188 g/mol. The summed E-state index contributed by atoms with van der Waals surface area (Å²) in [6, 6.07) is 0. The zero-order valence-corrected chi connectivity index (χ0v) is 6.75. The molecule has 0 spiro atoms. The largest absolute Gasteiger partial charge is 1.00 e. The number of oxime groups is 1. The number of aliphatic carboxylic acids is 1.